The van der Waals surface area contributed by atoms with Gasteiger partial charge in [-0.25, -0.2) is 0 Å². The van der Waals surface area contributed by atoms with Gasteiger partial charge in [-0.05, 0) is 38.1 Å². The second-order valence-corrected chi connectivity index (χ2v) is 6.02. The third kappa shape index (κ3) is 3.67. The fraction of sp³-hybridized carbons (Fsp3) is 1.00. The molecule has 1 saturated heterocycles. The minimum absolute atomic E-state index is 0.0440. The van der Waals surface area contributed by atoms with Crippen LogP contribution in [0.1, 0.15) is 32.6 Å². The lowest BCUT2D eigenvalue weighted by Crippen LogP contribution is -2.48. The summed E-state index contributed by atoms with van der Waals surface area (Å²) < 4.78 is 0. The minimum atomic E-state index is -0.0440. The topological polar surface area (TPSA) is 26.7 Å². The molecule has 17 heavy (non-hydrogen) atoms. The molecule has 3 unspecified atom stereocenters. The summed E-state index contributed by atoms with van der Waals surface area (Å²) in [6.45, 7) is 8.12. The average Bonchev–Trinajstić information content (AvgIpc) is 2.35. The van der Waals surface area contributed by atoms with E-state index < -0.39 is 0 Å². The van der Waals surface area contributed by atoms with Crippen LogP contribution >= 0.6 is 0 Å². The van der Waals surface area contributed by atoms with Gasteiger partial charge in [0, 0.05) is 32.7 Å². The van der Waals surface area contributed by atoms with Crippen LogP contribution in [0.4, 0.5) is 0 Å². The van der Waals surface area contributed by atoms with E-state index in [1.165, 1.54) is 45.4 Å². The molecule has 1 saturated carbocycles. The molecule has 1 heterocycles. The van der Waals surface area contributed by atoms with E-state index in [2.05, 4.69) is 23.8 Å². The second-order valence-electron chi connectivity index (χ2n) is 6.02. The molecule has 0 spiro atoms. The molecule has 2 fully saturated rings. The number of aliphatic hydroxyl groups is 1. The van der Waals surface area contributed by atoms with Gasteiger partial charge in [-0.15, -0.1) is 0 Å². The van der Waals surface area contributed by atoms with Gasteiger partial charge in [0.15, 0.2) is 0 Å². The molecule has 3 atom stereocenters. The molecule has 0 aromatic heterocycles. The van der Waals surface area contributed by atoms with Crippen molar-refractivity contribution in [3.63, 3.8) is 0 Å². The van der Waals surface area contributed by atoms with Crippen molar-refractivity contribution in [1.82, 2.24) is 9.80 Å². The molecule has 0 aromatic carbocycles. The molecule has 0 amide bonds. The Kier molecular flexibility index (Phi) is 4.83. The van der Waals surface area contributed by atoms with Gasteiger partial charge in [-0.3, -0.25) is 0 Å². The molecule has 3 nitrogen and oxygen atoms in total. The Balaban J connectivity index is 1.80. The maximum absolute atomic E-state index is 10.1. The highest BCUT2D eigenvalue weighted by molar-refractivity contribution is 4.83. The summed E-state index contributed by atoms with van der Waals surface area (Å²) >= 11 is 0. The normalized spacial score (nSPS) is 37.2. The monoisotopic (exact) mass is 240 g/mol. The Morgan fingerprint density at radius 2 is 1.82 bits per heavy atom. The van der Waals surface area contributed by atoms with Gasteiger partial charge in [0.2, 0.25) is 0 Å². The first kappa shape index (κ1) is 13.3. The highest BCUT2D eigenvalue weighted by Crippen LogP contribution is 2.31. The molecule has 2 aliphatic rings. The molecule has 2 rings (SSSR count). The maximum atomic E-state index is 10.1. The number of aliphatic hydroxyl groups excluding tert-OH is 1. The summed E-state index contributed by atoms with van der Waals surface area (Å²) in [4.78, 5) is 4.94. The van der Waals surface area contributed by atoms with Crippen LogP contribution in [0.3, 0.4) is 0 Å². The number of rotatable bonds is 3. The number of hydrogen-bond acceptors (Lipinski definition) is 3. The zero-order valence-electron chi connectivity index (χ0n) is 11.4. The van der Waals surface area contributed by atoms with Crippen molar-refractivity contribution in [3.05, 3.63) is 0 Å². The van der Waals surface area contributed by atoms with Gasteiger partial charge in [-0.2, -0.15) is 0 Å². The first-order chi connectivity index (χ1) is 8.19. The van der Waals surface area contributed by atoms with E-state index >= 15 is 0 Å². The lowest BCUT2D eigenvalue weighted by atomic mass is 9.78. The van der Waals surface area contributed by atoms with E-state index in [-0.39, 0.29) is 6.10 Å². The van der Waals surface area contributed by atoms with Crippen molar-refractivity contribution in [2.24, 2.45) is 11.8 Å². The molecule has 0 bridgehead atoms. The smallest absolute Gasteiger partial charge is 0.0580 e. The van der Waals surface area contributed by atoms with Gasteiger partial charge < -0.3 is 14.9 Å². The van der Waals surface area contributed by atoms with E-state index in [1.54, 1.807) is 0 Å². The summed E-state index contributed by atoms with van der Waals surface area (Å²) in [6.07, 6.45) is 4.74. The van der Waals surface area contributed by atoms with Crippen molar-refractivity contribution in [3.8, 4) is 0 Å². The number of piperazine rings is 1. The Labute approximate surface area is 106 Å². The number of likely N-dealkylation sites (N-methyl/N-ethyl adjacent to an activating group) is 1. The Hall–Kier alpha value is -0.120. The van der Waals surface area contributed by atoms with Crippen LogP contribution in [0.25, 0.3) is 0 Å². The van der Waals surface area contributed by atoms with Gasteiger partial charge in [-0.1, -0.05) is 13.3 Å². The van der Waals surface area contributed by atoms with E-state index in [0.29, 0.717) is 5.92 Å². The summed E-state index contributed by atoms with van der Waals surface area (Å²) in [7, 11) is 2.19. The molecule has 100 valence electrons. The fourth-order valence-corrected chi connectivity index (χ4v) is 3.27. The van der Waals surface area contributed by atoms with Crippen molar-refractivity contribution in [2.45, 2.75) is 38.7 Å². The zero-order valence-corrected chi connectivity index (χ0v) is 11.4. The quantitative estimate of drug-likeness (QED) is 0.808. The van der Waals surface area contributed by atoms with Crippen LogP contribution in [0.15, 0.2) is 0 Å². The average molecular weight is 240 g/mol. The van der Waals surface area contributed by atoms with Gasteiger partial charge >= 0.3 is 0 Å². The highest BCUT2D eigenvalue weighted by atomic mass is 16.3. The predicted molar refractivity (Wildman–Crippen MR) is 71.1 cm³/mol. The van der Waals surface area contributed by atoms with Crippen LogP contribution in [0.2, 0.25) is 0 Å². The van der Waals surface area contributed by atoms with Crippen LogP contribution in [-0.4, -0.2) is 60.8 Å². The number of hydrogen-bond donors (Lipinski definition) is 1. The predicted octanol–water partition coefficient (Wildman–Crippen LogP) is 1.42. The Morgan fingerprint density at radius 1 is 1.12 bits per heavy atom. The fourth-order valence-electron chi connectivity index (χ4n) is 3.27. The summed E-state index contributed by atoms with van der Waals surface area (Å²) in [5.74, 6) is 1.38. The van der Waals surface area contributed by atoms with E-state index in [9.17, 15) is 5.11 Å². The molecule has 3 heteroatoms. The Bertz CT molecular complexity index is 226. The highest BCUT2D eigenvalue weighted by Gasteiger charge is 2.30. The van der Waals surface area contributed by atoms with Gasteiger partial charge in [0.25, 0.3) is 0 Å². The second kappa shape index (κ2) is 6.17. The first-order valence-electron chi connectivity index (χ1n) is 7.28. The standard InChI is InChI=1S/C14H28N2O/c1-3-12-4-5-14(17)13(10-12)11-16-8-6-15(2)7-9-16/h12-14,17H,3-11H2,1-2H3. The molecule has 1 N–H and O–H groups in total. The minimum Gasteiger partial charge on any atom is -0.393 e. The van der Waals surface area contributed by atoms with Crippen molar-refractivity contribution in [1.29, 1.82) is 0 Å². The van der Waals surface area contributed by atoms with E-state index in [4.69, 9.17) is 0 Å². The maximum Gasteiger partial charge on any atom is 0.0580 e. The van der Waals surface area contributed by atoms with Gasteiger partial charge in [0.1, 0.15) is 0 Å². The lowest BCUT2D eigenvalue weighted by Gasteiger charge is -2.39. The third-order valence-electron chi connectivity index (χ3n) is 4.72. The van der Waals surface area contributed by atoms with Crippen molar-refractivity contribution < 1.29 is 5.11 Å². The summed E-state index contributed by atoms with van der Waals surface area (Å²) in [5, 5.41) is 10.1. The first-order valence-corrected chi connectivity index (χ1v) is 7.28. The van der Waals surface area contributed by atoms with E-state index in [0.717, 1.165) is 18.9 Å². The van der Waals surface area contributed by atoms with E-state index in [1.807, 2.05) is 0 Å². The third-order valence-corrected chi connectivity index (χ3v) is 4.72. The van der Waals surface area contributed by atoms with Crippen LogP contribution in [0.5, 0.6) is 0 Å². The molecule has 0 radical (unpaired) electrons. The van der Waals surface area contributed by atoms with Crippen molar-refractivity contribution >= 4 is 0 Å². The van der Waals surface area contributed by atoms with Crippen LogP contribution in [-0.2, 0) is 0 Å². The molecule has 1 aliphatic carbocycles. The molecule has 1 aliphatic heterocycles. The zero-order chi connectivity index (χ0) is 12.3. The summed E-state index contributed by atoms with van der Waals surface area (Å²) in [5.41, 5.74) is 0. The molecule has 0 aromatic rings. The largest absolute Gasteiger partial charge is 0.393 e. The summed E-state index contributed by atoms with van der Waals surface area (Å²) in [6, 6.07) is 0. The van der Waals surface area contributed by atoms with Crippen LogP contribution < -0.4 is 0 Å². The van der Waals surface area contributed by atoms with Crippen molar-refractivity contribution in [2.75, 3.05) is 39.8 Å². The Morgan fingerprint density at radius 3 is 2.47 bits per heavy atom. The molecular formula is C14H28N2O. The number of nitrogens with zero attached hydrogens (tertiary/aromatic N) is 2. The lowest BCUT2D eigenvalue weighted by molar-refractivity contribution is 0.0183. The SMILES string of the molecule is CCC1CCC(O)C(CN2CCN(C)CC2)C1. The van der Waals surface area contributed by atoms with Crippen LogP contribution in [0, 0.1) is 11.8 Å². The molecular weight excluding hydrogens is 212 g/mol. The van der Waals surface area contributed by atoms with Gasteiger partial charge in [0.05, 0.1) is 6.10 Å².